The Kier molecular flexibility index (Phi) is 7.43. The molecular formula is C36H39F3N6O3. The van der Waals surface area contributed by atoms with Gasteiger partial charge in [0.05, 0.1) is 16.3 Å². The van der Waals surface area contributed by atoms with E-state index in [4.69, 9.17) is 9.72 Å². The number of aromatic hydroxyl groups is 1. The zero-order chi connectivity index (χ0) is 33.4. The Bertz CT molecular complexity index is 1960. The molecule has 252 valence electrons. The van der Waals surface area contributed by atoms with Gasteiger partial charge in [-0.3, -0.25) is 14.7 Å². The number of aryl methyl sites for hydroxylation is 1. The maximum Gasteiger partial charge on any atom is 0.319 e. The second-order valence-electron chi connectivity index (χ2n) is 14.2. The number of carbonyl (C=O) groups excluding carboxylic acids is 1. The quantitative estimate of drug-likeness (QED) is 0.261. The minimum absolute atomic E-state index is 0.0201. The fraction of sp³-hybridized carbons (Fsp3) is 0.500. The highest BCUT2D eigenvalue weighted by atomic mass is 19.1. The molecule has 2 unspecified atom stereocenters. The van der Waals surface area contributed by atoms with Crippen LogP contribution in [-0.4, -0.2) is 82.4 Å². The second-order valence-corrected chi connectivity index (χ2v) is 14.2. The zero-order valence-corrected chi connectivity index (χ0v) is 27.2. The molecule has 3 aliphatic heterocycles. The van der Waals surface area contributed by atoms with Gasteiger partial charge >= 0.3 is 6.01 Å². The van der Waals surface area contributed by atoms with Gasteiger partial charge in [-0.05, 0) is 85.5 Å². The molecule has 4 atom stereocenters. The number of benzene rings is 2. The molecule has 12 heteroatoms. The summed E-state index contributed by atoms with van der Waals surface area (Å²) in [5.41, 5.74) is -0.535. The number of nitrogens with one attached hydrogen (secondary N) is 1. The molecule has 4 aliphatic rings. The van der Waals surface area contributed by atoms with Gasteiger partial charge in [0.2, 0.25) is 5.91 Å². The van der Waals surface area contributed by atoms with Crippen molar-refractivity contribution in [2.45, 2.75) is 63.6 Å². The van der Waals surface area contributed by atoms with Crippen LogP contribution in [0.1, 0.15) is 51.0 Å². The molecule has 1 aliphatic carbocycles. The summed E-state index contributed by atoms with van der Waals surface area (Å²) in [6, 6.07) is 5.78. The van der Waals surface area contributed by atoms with Crippen LogP contribution in [0.25, 0.3) is 32.9 Å². The van der Waals surface area contributed by atoms with Gasteiger partial charge in [0.15, 0.2) is 5.82 Å². The van der Waals surface area contributed by atoms with Crippen molar-refractivity contribution in [3.63, 3.8) is 0 Å². The number of phenols is 1. The third kappa shape index (κ3) is 4.85. The highest BCUT2D eigenvalue weighted by molar-refractivity contribution is 6.02. The van der Waals surface area contributed by atoms with E-state index in [9.17, 15) is 14.3 Å². The van der Waals surface area contributed by atoms with Gasteiger partial charge in [-0.1, -0.05) is 13.0 Å². The summed E-state index contributed by atoms with van der Waals surface area (Å²) < 4.78 is 52.8. The minimum atomic E-state index is -0.937. The highest BCUT2D eigenvalue weighted by Gasteiger charge is 2.51. The van der Waals surface area contributed by atoms with Crippen LogP contribution < -0.4 is 15.0 Å². The van der Waals surface area contributed by atoms with E-state index in [2.05, 4.69) is 20.2 Å². The van der Waals surface area contributed by atoms with Crippen LogP contribution in [0.4, 0.5) is 19.0 Å². The van der Waals surface area contributed by atoms with Gasteiger partial charge in [0.25, 0.3) is 0 Å². The van der Waals surface area contributed by atoms with E-state index in [1.54, 1.807) is 13.1 Å². The number of nitrogens with zero attached hydrogens (tertiary/aromatic N) is 5. The molecule has 1 saturated carbocycles. The molecule has 4 aromatic rings. The Morgan fingerprint density at radius 2 is 2.02 bits per heavy atom. The molecule has 8 rings (SSSR count). The molecule has 2 aromatic heterocycles. The van der Waals surface area contributed by atoms with Crippen molar-refractivity contribution in [2.75, 3.05) is 44.7 Å². The number of fused-ring (bicyclic) bond motifs is 5. The first-order valence-electron chi connectivity index (χ1n) is 16.9. The molecule has 2 bridgehead atoms. The number of aromatic nitrogens is 3. The van der Waals surface area contributed by atoms with Crippen LogP contribution in [0.15, 0.2) is 30.5 Å². The standard InChI is InChI=1S/C36H39F3N6O3/c1-3-24-27(38)6-5-21-11-23(46)12-25(28(21)24)30-29(39)31-26(15-41-30)32(44-16-20-7-9-35(13-20,18-44)33(47)40-2)43-34(42-31)48-19-36-8-4-10-45(36)17-22(37)14-36/h5-6,11-12,15,20,22,46H,3-4,7-10,13-14,16-19H2,1-2H3,(H,40,47)/t20?,22-,35?,36+/m1/s1. The number of ether oxygens (including phenoxy) is 1. The van der Waals surface area contributed by atoms with Gasteiger partial charge in [-0.2, -0.15) is 9.97 Å². The average molecular weight is 661 g/mol. The number of rotatable bonds is 7. The summed E-state index contributed by atoms with van der Waals surface area (Å²) in [6.07, 6.45) is 5.44. The fourth-order valence-electron chi connectivity index (χ4n) is 9.18. The van der Waals surface area contributed by atoms with Crippen LogP contribution >= 0.6 is 0 Å². The molecule has 9 nitrogen and oxygen atoms in total. The van der Waals surface area contributed by atoms with Crippen molar-refractivity contribution in [1.82, 2.24) is 25.2 Å². The van der Waals surface area contributed by atoms with E-state index in [-0.39, 0.29) is 47.0 Å². The van der Waals surface area contributed by atoms with Crippen LogP contribution in [0.2, 0.25) is 0 Å². The largest absolute Gasteiger partial charge is 0.508 e. The summed E-state index contributed by atoms with van der Waals surface area (Å²) >= 11 is 0. The van der Waals surface area contributed by atoms with Crippen molar-refractivity contribution in [2.24, 2.45) is 11.3 Å². The predicted octanol–water partition coefficient (Wildman–Crippen LogP) is 5.70. The van der Waals surface area contributed by atoms with Crippen molar-refractivity contribution in [3.05, 3.63) is 47.7 Å². The normalized spacial score (nSPS) is 26.8. The van der Waals surface area contributed by atoms with Crippen LogP contribution in [0, 0.1) is 23.0 Å². The number of piperidine rings is 1. The van der Waals surface area contributed by atoms with Crippen LogP contribution in [-0.2, 0) is 11.2 Å². The fourth-order valence-corrected chi connectivity index (χ4v) is 9.18. The molecule has 0 spiro atoms. The van der Waals surface area contributed by atoms with Gasteiger partial charge in [0, 0.05) is 44.9 Å². The number of amides is 1. The maximum atomic E-state index is 17.0. The van der Waals surface area contributed by atoms with Crippen molar-refractivity contribution in [3.8, 4) is 23.0 Å². The number of pyridine rings is 1. The van der Waals surface area contributed by atoms with Crippen molar-refractivity contribution >= 4 is 33.4 Å². The SMILES string of the molecule is CCc1c(F)ccc2cc(O)cc(-c3ncc4c(N5CC6CCC(C(=O)NC)(C6)C5)nc(OC[C@@]56CCCN5C[C@H](F)C6)nc4c3F)c12. The molecule has 5 heterocycles. The van der Waals surface area contributed by atoms with E-state index in [1.165, 1.54) is 24.4 Å². The van der Waals surface area contributed by atoms with Crippen LogP contribution in [0.5, 0.6) is 11.8 Å². The smallest absolute Gasteiger partial charge is 0.319 e. The Balaban J connectivity index is 1.28. The number of halogens is 3. The van der Waals surface area contributed by atoms with E-state index in [1.807, 2.05) is 11.8 Å². The molecule has 1 amide bonds. The molecule has 48 heavy (non-hydrogen) atoms. The molecule has 4 fully saturated rings. The first-order chi connectivity index (χ1) is 23.1. The van der Waals surface area contributed by atoms with Crippen molar-refractivity contribution in [1.29, 1.82) is 0 Å². The lowest BCUT2D eigenvalue weighted by atomic mass is 9.81. The monoisotopic (exact) mass is 660 g/mol. The number of hydrogen-bond acceptors (Lipinski definition) is 8. The summed E-state index contributed by atoms with van der Waals surface area (Å²) in [4.78, 5) is 31.3. The predicted molar refractivity (Wildman–Crippen MR) is 176 cm³/mol. The molecule has 0 radical (unpaired) electrons. The van der Waals surface area contributed by atoms with E-state index in [0.717, 1.165) is 38.6 Å². The summed E-state index contributed by atoms with van der Waals surface area (Å²) in [7, 11) is 1.65. The third-order valence-corrected chi connectivity index (χ3v) is 11.3. The van der Waals surface area contributed by atoms with Crippen LogP contribution in [0.3, 0.4) is 0 Å². The van der Waals surface area contributed by atoms with Gasteiger partial charge in [-0.25, -0.2) is 13.2 Å². The third-order valence-electron chi connectivity index (χ3n) is 11.3. The number of alkyl halides is 1. The Morgan fingerprint density at radius 3 is 2.83 bits per heavy atom. The lowest BCUT2D eigenvalue weighted by molar-refractivity contribution is -0.130. The number of carbonyl (C=O) groups is 1. The second kappa shape index (κ2) is 11.5. The molecule has 2 N–H and O–H groups in total. The highest BCUT2D eigenvalue weighted by Crippen LogP contribution is 2.49. The lowest BCUT2D eigenvalue weighted by Crippen LogP contribution is -2.50. The van der Waals surface area contributed by atoms with Gasteiger partial charge in [-0.15, -0.1) is 0 Å². The average Bonchev–Trinajstić information content (AvgIpc) is 3.72. The Morgan fingerprint density at radius 1 is 1.17 bits per heavy atom. The first kappa shape index (κ1) is 31.1. The minimum Gasteiger partial charge on any atom is -0.508 e. The van der Waals surface area contributed by atoms with Crippen molar-refractivity contribution < 1.29 is 27.8 Å². The summed E-state index contributed by atoms with van der Waals surface area (Å²) in [5.74, 6) is -0.630. The topological polar surface area (TPSA) is 104 Å². The Labute approximate surface area is 276 Å². The summed E-state index contributed by atoms with van der Waals surface area (Å²) in [6.45, 7) is 4.18. The molecule has 3 saturated heterocycles. The summed E-state index contributed by atoms with van der Waals surface area (Å²) in [5, 5.41) is 14.8. The van der Waals surface area contributed by atoms with Gasteiger partial charge < -0.3 is 20.1 Å². The maximum absolute atomic E-state index is 17.0. The molecule has 2 aromatic carbocycles. The lowest BCUT2D eigenvalue weighted by Gasteiger charge is -2.40. The number of phenolic OH excluding ortho intramolecular Hbond substituents is 1. The zero-order valence-electron chi connectivity index (χ0n) is 27.2. The van der Waals surface area contributed by atoms with E-state index >= 15 is 8.78 Å². The number of anilines is 1. The van der Waals surface area contributed by atoms with E-state index < -0.39 is 28.8 Å². The first-order valence-corrected chi connectivity index (χ1v) is 16.9. The Hall–Kier alpha value is -4.19. The molecular weight excluding hydrogens is 621 g/mol. The van der Waals surface area contributed by atoms with Gasteiger partial charge in [0.1, 0.15) is 41.4 Å². The van der Waals surface area contributed by atoms with E-state index in [0.29, 0.717) is 60.0 Å². The number of hydrogen-bond donors (Lipinski definition) is 2.